The first-order valence-corrected chi connectivity index (χ1v) is 6.42. The van der Waals surface area contributed by atoms with Crippen LogP contribution >= 0.6 is 11.3 Å². The second kappa shape index (κ2) is 4.57. The fourth-order valence-electron chi connectivity index (χ4n) is 1.45. The molecule has 0 aliphatic carbocycles. The minimum absolute atomic E-state index is 0.270. The third kappa shape index (κ3) is 2.79. The van der Waals surface area contributed by atoms with Gasteiger partial charge < -0.3 is 4.74 Å². The SMILES string of the molecule is [2H]c1nc2cc(N(C)C(=O)OC(C)(C)C)ccc2s1. The lowest BCUT2D eigenvalue weighted by atomic mass is 10.2. The van der Waals surface area contributed by atoms with Crippen molar-refractivity contribution in [1.29, 1.82) is 0 Å². The number of anilines is 1. The van der Waals surface area contributed by atoms with Gasteiger partial charge >= 0.3 is 6.09 Å². The number of rotatable bonds is 1. The van der Waals surface area contributed by atoms with E-state index in [9.17, 15) is 4.79 Å². The zero-order valence-corrected chi connectivity index (χ0v) is 11.7. The predicted octanol–water partition coefficient (Wildman–Crippen LogP) is 3.67. The average Bonchev–Trinajstić information content (AvgIpc) is 2.64. The van der Waals surface area contributed by atoms with E-state index in [0.717, 1.165) is 10.2 Å². The molecule has 0 aliphatic rings. The third-order valence-electron chi connectivity index (χ3n) is 2.32. The number of amides is 1. The second-order valence-electron chi connectivity index (χ2n) is 5.00. The van der Waals surface area contributed by atoms with E-state index in [1.54, 1.807) is 13.1 Å². The van der Waals surface area contributed by atoms with Crippen LogP contribution in [-0.4, -0.2) is 23.7 Å². The van der Waals surface area contributed by atoms with Crippen LogP contribution in [0.25, 0.3) is 10.2 Å². The Kier molecular flexibility index (Phi) is 2.91. The fraction of sp³-hybridized carbons (Fsp3) is 0.385. The van der Waals surface area contributed by atoms with Crippen LogP contribution in [-0.2, 0) is 4.74 Å². The van der Waals surface area contributed by atoms with Gasteiger partial charge in [-0.3, -0.25) is 4.90 Å². The molecular formula is C13H16N2O2S. The first-order valence-electron chi connectivity index (χ1n) is 6.10. The molecule has 0 N–H and O–H groups in total. The monoisotopic (exact) mass is 265 g/mol. The molecule has 0 saturated heterocycles. The number of ether oxygens (including phenoxy) is 1. The summed E-state index contributed by atoms with van der Waals surface area (Å²) in [4.78, 5) is 17.5. The van der Waals surface area contributed by atoms with Gasteiger partial charge in [0.2, 0.25) is 0 Å². The normalized spacial score (nSPS) is 12.3. The molecule has 18 heavy (non-hydrogen) atoms. The number of carbonyl (C=O) groups is 1. The van der Waals surface area contributed by atoms with Crippen molar-refractivity contribution in [2.45, 2.75) is 26.4 Å². The Morgan fingerprint density at radius 2 is 2.22 bits per heavy atom. The number of thiazole rings is 1. The lowest BCUT2D eigenvalue weighted by Gasteiger charge is -2.24. The van der Waals surface area contributed by atoms with Crippen molar-refractivity contribution in [3.63, 3.8) is 0 Å². The molecule has 2 rings (SSSR count). The molecule has 1 heterocycles. The highest BCUT2D eigenvalue weighted by atomic mass is 32.1. The lowest BCUT2D eigenvalue weighted by Crippen LogP contribution is -2.34. The Bertz CT molecular complexity index is 619. The highest BCUT2D eigenvalue weighted by molar-refractivity contribution is 7.16. The van der Waals surface area contributed by atoms with E-state index in [1.807, 2.05) is 32.9 Å². The summed E-state index contributed by atoms with van der Waals surface area (Å²) in [5, 5.41) is 0. The van der Waals surface area contributed by atoms with Gasteiger partial charge in [-0.05, 0) is 39.0 Å². The summed E-state index contributed by atoms with van der Waals surface area (Å²) in [6, 6.07) is 5.47. The second-order valence-corrected chi connectivity index (χ2v) is 5.82. The zero-order chi connectivity index (χ0) is 14.2. The van der Waals surface area contributed by atoms with Crippen LogP contribution in [0.4, 0.5) is 10.5 Å². The minimum atomic E-state index is -0.523. The van der Waals surface area contributed by atoms with Crippen molar-refractivity contribution >= 4 is 33.3 Å². The molecule has 1 aromatic carbocycles. The molecule has 0 fully saturated rings. The summed E-state index contributed by atoms with van der Waals surface area (Å²) in [5.41, 5.74) is 1.17. The fourth-order valence-corrected chi connectivity index (χ4v) is 2.03. The number of carbonyl (C=O) groups excluding carboxylic acids is 1. The molecule has 0 unspecified atom stereocenters. The summed E-state index contributed by atoms with van der Waals surface area (Å²) in [6.07, 6.45) is -0.409. The predicted molar refractivity (Wildman–Crippen MR) is 74.3 cm³/mol. The zero-order valence-electron chi connectivity index (χ0n) is 11.9. The number of aromatic nitrogens is 1. The van der Waals surface area contributed by atoms with Crippen molar-refractivity contribution < 1.29 is 10.9 Å². The van der Waals surface area contributed by atoms with E-state index >= 15 is 0 Å². The molecule has 0 radical (unpaired) electrons. The highest BCUT2D eigenvalue weighted by Crippen LogP contribution is 2.24. The van der Waals surface area contributed by atoms with Crippen LogP contribution in [0.15, 0.2) is 23.7 Å². The summed E-state index contributed by atoms with van der Waals surface area (Å²) in [6.45, 7) is 5.48. The van der Waals surface area contributed by atoms with E-state index in [0.29, 0.717) is 5.69 Å². The van der Waals surface area contributed by atoms with Gasteiger partial charge in [0.05, 0.1) is 17.1 Å². The Hall–Kier alpha value is -1.62. The molecule has 4 nitrogen and oxygen atoms in total. The smallest absolute Gasteiger partial charge is 0.414 e. The van der Waals surface area contributed by atoms with Crippen molar-refractivity contribution in [2.75, 3.05) is 11.9 Å². The van der Waals surface area contributed by atoms with E-state index in [4.69, 9.17) is 6.11 Å². The van der Waals surface area contributed by atoms with E-state index in [1.165, 1.54) is 16.2 Å². The Morgan fingerprint density at radius 3 is 2.89 bits per heavy atom. The Labute approximate surface area is 112 Å². The van der Waals surface area contributed by atoms with E-state index in [2.05, 4.69) is 4.98 Å². The maximum absolute atomic E-state index is 11.9. The maximum Gasteiger partial charge on any atom is 0.414 e. The molecule has 5 heteroatoms. The standard InChI is InChI=1S/C13H16N2O2S/c1-13(2,3)17-12(16)15(4)9-5-6-11-10(7-9)14-8-18-11/h5-8H,1-4H3/i8D. The number of nitrogens with zero attached hydrogens (tertiary/aromatic N) is 2. The summed E-state index contributed by atoms with van der Waals surface area (Å²) in [5.74, 6) is 0. The van der Waals surface area contributed by atoms with Crippen LogP contribution in [0.5, 0.6) is 0 Å². The molecule has 0 atom stereocenters. The van der Waals surface area contributed by atoms with Crippen molar-refractivity contribution in [1.82, 2.24) is 4.98 Å². The summed E-state index contributed by atoms with van der Waals surface area (Å²) in [7, 11) is 1.66. The van der Waals surface area contributed by atoms with Crippen LogP contribution in [0.2, 0.25) is 0 Å². The minimum Gasteiger partial charge on any atom is -0.443 e. The van der Waals surface area contributed by atoms with Crippen molar-refractivity contribution in [3.8, 4) is 0 Å². The molecule has 0 spiro atoms. The Balaban J connectivity index is 2.25. The van der Waals surface area contributed by atoms with Gasteiger partial charge in [-0.2, -0.15) is 0 Å². The largest absolute Gasteiger partial charge is 0.443 e. The lowest BCUT2D eigenvalue weighted by molar-refractivity contribution is 0.0589. The van der Waals surface area contributed by atoms with Gasteiger partial charge in [0, 0.05) is 12.7 Å². The van der Waals surface area contributed by atoms with Gasteiger partial charge in [-0.15, -0.1) is 11.3 Å². The molecule has 0 bridgehead atoms. The van der Waals surface area contributed by atoms with Gasteiger partial charge in [-0.1, -0.05) is 0 Å². The van der Waals surface area contributed by atoms with Crippen molar-refractivity contribution in [3.05, 3.63) is 23.7 Å². The third-order valence-corrected chi connectivity index (χ3v) is 3.07. The molecular weight excluding hydrogens is 248 g/mol. The molecule has 96 valence electrons. The number of fused-ring (bicyclic) bond motifs is 1. The Morgan fingerprint density at radius 1 is 1.50 bits per heavy atom. The number of hydrogen-bond donors (Lipinski definition) is 0. The van der Waals surface area contributed by atoms with E-state index in [-0.39, 0.29) is 5.49 Å². The first-order chi connectivity index (χ1) is 8.76. The van der Waals surface area contributed by atoms with Crippen molar-refractivity contribution in [2.24, 2.45) is 0 Å². The van der Waals surface area contributed by atoms with Crippen LogP contribution in [0.3, 0.4) is 0 Å². The molecule has 0 aliphatic heterocycles. The van der Waals surface area contributed by atoms with Gasteiger partial charge in [-0.25, -0.2) is 9.78 Å². The molecule has 1 amide bonds. The van der Waals surface area contributed by atoms with Gasteiger partial charge in [0.15, 0.2) is 0 Å². The molecule has 2 aromatic rings. The summed E-state index contributed by atoms with van der Waals surface area (Å²) >= 11 is 1.31. The number of hydrogen-bond acceptors (Lipinski definition) is 4. The quantitative estimate of drug-likeness (QED) is 0.790. The molecule has 0 saturated carbocycles. The first kappa shape index (κ1) is 11.5. The maximum atomic E-state index is 11.9. The average molecular weight is 265 g/mol. The van der Waals surface area contributed by atoms with E-state index < -0.39 is 11.7 Å². The summed E-state index contributed by atoms with van der Waals surface area (Å²) < 4.78 is 13.7. The van der Waals surface area contributed by atoms with Crippen LogP contribution < -0.4 is 4.90 Å². The molecule has 1 aromatic heterocycles. The van der Waals surface area contributed by atoms with Gasteiger partial charge in [0.25, 0.3) is 0 Å². The van der Waals surface area contributed by atoms with Gasteiger partial charge in [0.1, 0.15) is 5.60 Å². The van der Waals surface area contributed by atoms with Crippen LogP contribution in [0, 0.1) is 0 Å². The number of benzene rings is 1. The highest BCUT2D eigenvalue weighted by Gasteiger charge is 2.20. The van der Waals surface area contributed by atoms with Crippen LogP contribution in [0.1, 0.15) is 22.1 Å². The topological polar surface area (TPSA) is 42.4 Å².